The second-order valence-electron chi connectivity index (χ2n) is 5.73. The van der Waals surface area contributed by atoms with Crippen LogP contribution in [0.25, 0.3) is 0 Å². The predicted molar refractivity (Wildman–Crippen MR) is 65.1 cm³/mol. The van der Waals surface area contributed by atoms with Gasteiger partial charge in [0.1, 0.15) is 0 Å². The summed E-state index contributed by atoms with van der Waals surface area (Å²) in [6.45, 7) is 6.77. The van der Waals surface area contributed by atoms with Gasteiger partial charge in [0, 0.05) is 26.1 Å². The minimum absolute atomic E-state index is 0.321. The van der Waals surface area contributed by atoms with Gasteiger partial charge in [-0.3, -0.25) is 4.79 Å². The topological polar surface area (TPSA) is 32.3 Å². The van der Waals surface area contributed by atoms with Crippen molar-refractivity contribution in [1.82, 2.24) is 10.2 Å². The van der Waals surface area contributed by atoms with Gasteiger partial charge in [0.25, 0.3) is 0 Å². The Bertz CT molecular complexity index is 267. The molecule has 0 spiro atoms. The molecule has 0 aromatic rings. The summed E-state index contributed by atoms with van der Waals surface area (Å²) >= 11 is 0. The molecule has 3 nitrogen and oxygen atoms in total. The van der Waals surface area contributed by atoms with Crippen molar-refractivity contribution in [3.63, 3.8) is 0 Å². The molecule has 3 heteroatoms. The van der Waals surface area contributed by atoms with Crippen molar-refractivity contribution < 1.29 is 4.79 Å². The van der Waals surface area contributed by atoms with E-state index in [4.69, 9.17) is 0 Å². The van der Waals surface area contributed by atoms with E-state index in [1.165, 1.54) is 6.42 Å². The van der Waals surface area contributed by atoms with Crippen molar-refractivity contribution in [2.45, 2.75) is 39.2 Å². The third-order valence-electron chi connectivity index (χ3n) is 4.59. The number of carbonyl (C=O) groups is 1. The fourth-order valence-electron chi connectivity index (χ4n) is 3.13. The quantitative estimate of drug-likeness (QED) is 0.770. The first-order valence-corrected chi connectivity index (χ1v) is 6.55. The van der Waals surface area contributed by atoms with Crippen LogP contribution in [0, 0.1) is 17.8 Å². The zero-order valence-electron chi connectivity index (χ0n) is 10.7. The van der Waals surface area contributed by atoms with Crippen molar-refractivity contribution in [2.24, 2.45) is 17.8 Å². The lowest BCUT2D eigenvalue weighted by molar-refractivity contribution is -0.133. The first kappa shape index (κ1) is 11.9. The van der Waals surface area contributed by atoms with Crippen LogP contribution in [0.4, 0.5) is 0 Å². The van der Waals surface area contributed by atoms with Gasteiger partial charge in [-0.1, -0.05) is 6.92 Å². The van der Waals surface area contributed by atoms with Crippen molar-refractivity contribution >= 4 is 5.91 Å². The van der Waals surface area contributed by atoms with E-state index in [2.05, 4.69) is 19.2 Å². The highest BCUT2D eigenvalue weighted by atomic mass is 16.2. The summed E-state index contributed by atoms with van der Waals surface area (Å²) in [6, 6.07) is 0.660. The normalized spacial score (nSPS) is 40.4. The molecule has 0 radical (unpaired) electrons. The first-order chi connectivity index (χ1) is 7.58. The van der Waals surface area contributed by atoms with Crippen LogP contribution in [0.15, 0.2) is 0 Å². The van der Waals surface area contributed by atoms with Crippen LogP contribution in [0.5, 0.6) is 0 Å². The number of hydrogen-bond acceptors (Lipinski definition) is 2. The van der Waals surface area contributed by atoms with Gasteiger partial charge in [0.15, 0.2) is 0 Å². The molecule has 1 amide bonds. The fraction of sp³-hybridized carbons (Fsp3) is 0.923. The standard InChI is InChI=1S/C13H24N2O/c1-9-10(2)14-7-12(9)6-11-4-5-13(16)15(3)8-11/h9-12,14H,4-8H2,1-3H3/t9?,10?,11-,12?/m1/s1. The third kappa shape index (κ3) is 2.40. The summed E-state index contributed by atoms with van der Waals surface area (Å²) in [5, 5.41) is 3.55. The van der Waals surface area contributed by atoms with Gasteiger partial charge in [0.05, 0.1) is 0 Å². The van der Waals surface area contributed by atoms with Gasteiger partial charge in [-0.2, -0.15) is 0 Å². The molecule has 3 unspecified atom stereocenters. The SMILES string of the molecule is CC1NCC(C[C@H]2CCC(=O)N(C)C2)C1C. The lowest BCUT2D eigenvalue weighted by Crippen LogP contribution is -2.38. The molecule has 2 heterocycles. The number of nitrogens with one attached hydrogen (secondary N) is 1. The largest absolute Gasteiger partial charge is 0.345 e. The summed E-state index contributed by atoms with van der Waals surface area (Å²) in [5.41, 5.74) is 0. The van der Waals surface area contributed by atoms with Crippen molar-refractivity contribution in [1.29, 1.82) is 0 Å². The van der Waals surface area contributed by atoms with Crippen LogP contribution in [-0.4, -0.2) is 37.0 Å². The van der Waals surface area contributed by atoms with Gasteiger partial charge >= 0.3 is 0 Å². The maximum Gasteiger partial charge on any atom is 0.222 e. The van der Waals surface area contributed by atoms with E-state index in [0.29, 0.717) is 11.9 Å². The van der Waals surface area contributed by atoms with Crippen LogP contribution in [0.1, 0.15) is 33.1 Å². The average molecular weight is 224 g/mol. The maximum atomic E-state index is 11.4. The van der Waals surface area contributed by atoms with E-state index >= 15 is 0 Å². The fourth-order valence-corrected chi connectivity index (χ4v) is 3.13. The number of amides is 1. The summed E-state index contributed by atoms with van der Waals surface area (Å²) in [4.78, 5) is 13.3. The molecule has 16 heavy (non-hydrogen) atoms. The molecule has 92 valence electrons. The van der Waals surface area contributed by atoms with E-state index in [1.54, 1.807) is 0 Å². The van der Waals surface area contributed by atoms with Gasteiger partial charge in [0.2, 0.25) is 5.91 Å². The van der Waals surface area contributed by atoms with Crippen molar-refractivity contribution in [3.05, 3.63) is 0 Å². The summed E-state index contributed by atoms with van der Waals surface area (Å²) < 4.78 is 0. The lowest BCUT2D eigenvalue weighted by atomic mass is 9.82. The molecular weight excluding hydrogens is 200 g/mol. The Hall–Kier alpha value is -0.570. The number of rotatable bonds is 2. The maximum absolute atomic E-state index is 11.4. The van der Waals surface area contributed by atoms with Crippen LogP contribution in [0.2, 0.25) is 0 Å². The minimum atomic E-state index is 0.321. The number of carbonyl (C=O) groups excluding carboxylic acids is 1. The summed E-state index contributed by atoms with van der Waals surface area (Å²) in [7, 11) is 1.94. The third-order valence-corrected chi connectivity index (χ3v) is 4.59. The Labute approximate surface area is 98.6 Å². The lowest BCUT2D eigenvalue weighted by Gasteiger charge is -2.32. The summed E-state index contributed by atoms with van der Waals surface area (Å²) in [6.07, 6.45) is 3.14. The van der Waals surface area contributed by atoms with Gasteiger partial charge in [-0.05, 0) is 44.1 Å². The number of likely N-dealkylation sites (tertiary alicyclic amines) is 1. The molecule has 2 fully saturated rings. The zero-order chi connectivity index (χ0) is 11.7. The Balaban J connectivity index is 1.84. The molecule has 4 atom stereocenters. The molecule has 0 aromatic carbocycles. The monoisotopic (exact) mass is 224 g/mol. The summed E-state index contributed by atoms with van der Waals surface area (Å²) in [5.74, 6) is 2.63. The molecule has 0 aromatic heterocycles. The predicted octanol–water partition coefficient (Wildman–Crippen LogP) is 1.49. The van der Waals surface area contributed by atoms with E-state index in [0.717, 1.165) is 43.7 Å². The van der Waals surface area contributed by atoms with Crippen LogP contribution in [-0.2, 0) is 4.79 Å². The molecule has 2 aliphatic heterocycles. The number of nitrogens with zero attached hydrogens (tertiary/aromatic N) is 1. The number of hydrogen-bond donors (Lipinski definition) is 1. The van der Waals surface area contributed by atoms with Crippen molar-refractivity contribution in [2.75, 3.05) is 20.1 Å². The van der Waals surface area contributed by atoms with Crippen molar-refractivity contribution in [3.8, 4) is 0 Å². The Morgan fingerprint density at radius 1 is 1.44 bits per heavy atom. The molecular formula is C13H24N2O. The Morgan fingerprint density at radius 2 is 2.19 bits per heavy atom. The molecule has 2 saturated heterocycles. The molecule has 1 N–H and O–H groups in total. The van der Waals surface area contributed by atoms with E-state index in [1.807, 2.05) is 11.9 Å². The van der Waals surface area contributed by atoms with Gasteiger partial charge < -0.3 is 10.2 Å². The van der Waals surface area contributed by atoms with Gasteiger partial charge in [-0.15, -0.1) is 0 Å². The highest BCUT2D eigenvalue weighted by Gasteiger charge is 2.33. The highest BCUT2D eigenvalue weighted by molar-refractivity contribution is 5.76. The van der Waals surface area contributed by atoms with Crippen LogP contribution in [0.3, 0.4) is 0 Å². The average Bonchev–Trinajstić information content (AvgIpc) is 2.55. The molecule has 0 saturated carbocycles. The Morgan fingerprint density at radius 3 is 2.75 bits per heavy atom. The minimum Gasteiger partial charge on any atom is -0.345 e. The van der Waals surface area contributed by atoms with Crippen LogP contribution < -0.4 is 5.32 Å². The van der Waals surface area contributed by atoms with E-state index < -0.39 is 0 Å². The van der Waals surface area contributed by atoms with Gasteiger partial charge in [-0.25, -0.2) is 0 Å². The molecule has 0 aliphatic carbocycles. The first-order valence-electron chi connectivity index (χ1n) is 6.55. The van der Waals surface area contributed by atoms with Crippen LogP contribution >= 0.6 is 0 Å². The highest BCUT2D eigenvalue weighted by Crippen LogP contribution is 2.31. The second-order valence-corrected chi connectivity index (χ2v) is 5.73. The smallest absolute Gasteiger partial charge is 0.222 e. The van der Waals surface area contributed by atoms with E-state index in [-0.39, 0.29) is 0 Å². The number of piperidine rings is 1. The Kier molecular flexibility index (Phi) is 3.53. The molecule has 2 aliphatic rings. The second kappa shape index (κ2) is 4.74. The zero-order valence-corrected chi connectivity index (χ0v) is 10.7. The molecule has 2 rings (SSSR count). The van der Waals surface area contributed by atoms with E-state index in [9.17, 15) is 4.79 Å². The molecule has 0 bridgehead atoms.